The second-order valence-electron chi connectivity index (χ2n) is 2.36. The first-order valence-corrected chi connectivity index (χ1v) is 4.99. The zero-order valence-electron chi connectivity index (χ0n) is 6.38. The van der Waals surface area contributed by atoms with Gasteiger partial charge in [-0.05, 0) is 30.2 Å². The number of rotatable bonds is 1. The predicted molar refractivity (Wildman–Crippen MR) is 49.6 cm³/mol. The lowest BCUT2D eigenvalue weighted by Gasteiger charge is -2.02. The van der Waals surface area contributed by atoms with Crippen molar-refractivity contribution in [3.63, 3.8) is 0 Å². The lowest BCUT2D eigenvalue weighted by Crippen LogP contribution is -2.13. The minimum Gasteiger partial charge on any atom is -0.373 e. The summed E-state index contributed by atoms with van der Waals surface area (Å²) in [5, 5.41) is 13.4. The molecule has 68 valence electrons. The average molecular weight is 209 g/mol. The van der Waals surface area contributed by atoms with Crippen LogP contribution in [0.1, 0.15) is 12.8 Å². The van der Waals surface area contributed by atoms with Gasteiger partial charge in [-0.25, -0.2) is 0 Å². The summed E-state index contributed by atoms with van der Waals surface area (Å²) in [6, 6.07) is 0. The number of hydrogen-bond acceptors (Lipinski definition) is 4. The Morgan fingerprint density at radius 1 is 1.67 bits per heavy atom. The highest BCUT2D eigenvalue weighted by Gasteiger charge is 2.17. The van der Waals surface area contributed by atoms with Gasteiger partial charge in [-0.3, -0.25) is 10.1 Å². The van der Waals surface area contributed by atoms with Crippen molar-refractivity contribution in [3.05, 3.63) is 20.3 Å². The fourth-order valence-corrected chi connectivity index (χ4v) is 2.05. The molecule has 1 rings (SSSR count). The molecule has 0 aromatic heterocycles. The van der Waals surface area contributed by atoms with Gasteiger partial charge in [0.1, 0.15) is 0 Å². The van der Waals surface area contributed by atoms with E-state index < -0.39 is 4.92 Å². The highest BCUT2D eigenvalue weighted by molar-refractivity contribution is 8.03. The second-order valence-corrected chi connectivity index (χ2v) is 3.82. The molecule has 4 nitrogen and oxygen atoms in total. The van der Waals surface area contributed by atoms with E-state index in [1.165, 1.54) is 11.8 Å². The largest absolute Gasteiger partial charge is 0.373 e. The maximum atomic E-state index is 10.3. The molecule has 1 heterocycles. The van der Waals surface area contributed by atoms with Crippen LogP contribution in [0.5, 0.6) is 0 Å². The zero-order valence-corrected chi connectivity index (χ0v) is 7.95. The lowest BCUT2D eigenvalue weighted by molar-refractivity contribution is -0.413. The van der Waals surface area contributed by atoms with Gasteiger partial charge in [-0.15, -0.1) is 11.8 Å². The summed E-state index contributed by atoms with van der Waals surface area (Å²) in [5.74, 6) is 0.895. The van der Waals surface area contributed by atoms with E-state index >= 15 is 0 Å². The number of thioether (sulfide) groups is 1. The molecule has 0 aromatic carbocycles. The van der Waals surface area contributed by atoms with Crippen molar-refractivity contribution in [1.82, 2.24) is 5.32 Å². The molecule has 0 unspecified atom stereocenters. The normalized spacial score (nSPS) is 22.4. The Balaban J connectivity index is 2.69. The molecule has 0 saturated carbocycles. The molecule has 6 heteroatoms. The van der Waals surface area contributed by atoms with E-state index in [-0.39, 0.29) is 5.16 Å². The fourth-order valence-electron chi connectivity index (χ4n) is 0.870. The van der Waals surface area contributed by atoms with Crippen LogP contribution in [0.25, 0.3) is 0 Å². The molecular formula is C6H9ClN2O2S. The van der Waals surface area contributed by atoms with Crippen LogP contribution < -0.4 is 5.32 Å². The first-order valence-electron chi connectivity index (χ1n) is 3.62. The van der Waals surface area contributed by atoms with Crippen LogP contribution in [-0.2, 0) is 0 Å². The molecule has 0 aliphatic carbocycles. The van der Waals surface area contributed by atoms with Crippen LogP contribution in [0.4, 0.5) is 0 Å². The standard InChI is InChI=1S/C6H9ClN2O2S/c7-5(9(10)11)6-8-3-1-2-4-12-6/h8H,1-4H2. The Labute approximate surface area is 79.5 Å². The first kappa shape index (κ1) is 9.67. The number of hydrogen-bond donors (Lipinski definition) is 1. The van der Waals surface area contributed by atoms with Crippen molar-refractivity contribution in [3.8, 4) is 0 Å². The van der Waals surface area contributed by atoms with Crippen molar-refractivity contribution in [2.24, 2.45) is 0 Å². The number of nitrogens with zero attached hydrogens (tertiary/aromatic N) is 1. The zero-order chi connectivity index (χ0) is 8.97. The van der Waals surface area contributed by atoms with E-state index in [1.54, 1.807) is 0 Å². The molecule has 1 fully saturated rings. The summed E-state index contributed by atoms with van der Waals surface area (Å²) in [7, 11) is 0. The molecule has 1 aliphatic heterocycles. The second kappa shape index (κ2) is 4.57. The third-order valence-electron chi connectivity index (χ3n) is 1.45. The summed E-state index contributed by atoms with van der Waals surface area (Å²) < 4.78 is 0. The third kappa shape index (κ3) is 2.57. The van der Waals surface area contributed by atoms with Crippen LogP contribution in [0, 0.1) is 10.1 Å². The van der Waals surface area contributed by atoms with Crippen LogP contribution in [0.2, 0.25) is 0 Å². The Kier molecular flexibility index (Phi) is 3.68. The topological polar surface area (TPSA) is 55.2 Å². The highest BCUT2D eigenvalue weighted by Crippen LogP contribution is 2.23. The molecule has 0 amide bonds. The van der Waals surface area contributed by atoms with Crippen molar-refractivity contribution in [1.29, 1.82) is 0 Å². The highest BCUT2D eigenvalue weighted by atomic mass is 35.5. The predicted octanol–water partition coefficient (Wildman–Crippen LogP) is 1.75. The molecule has 0 spiro atoms. The van der Waals surface area contributed by atoms with Crippen LogP contribution >= 0.6 is 23.4 Å². The average Bonchev–Trinajstić information content (AvgIpc) is 2.30. The quantitative estimate of drug-likeness (QED) is 0.405. The maximum Gasteiger partial charge on any atom is 0.366 e. The Hall–Kier alpha value is -0.420. The van der Waals surface area contributed by atoms with Gasteiger partial charge in [-0.1, -0.05) is 0 Å². The van der Waals surface area contributed by atoms with Crippen LogP contribution in [-0.4, -0.2) is 17.2 Å². The molecule has 1 aliphatic rings. The summed E-state index contributed by atoms with van der Waals surface area (Å²) >= 11 is 6.88. The summed E-state index contributed by atoms with van der Waals surface area (Å²) in [5.41, 5.74) is 0. The van der Waals surface area contributed by atoms with Gasteiger partial charge >= 0.3 is 5.16 Å². The molecule has 0 bridgehead atoms. The van der Waals surface area contributed by atoms with Crippen molar-refractivity contribution in [2.75, 3.05) is 12.3 Å². The number of nitro groups is 1. The van der Waals surface area contributed by atoms with E-state index in [0.717, 1.165) is 25.1 Å². The SMILES string of the molecule is O=[N+]([O-])C(Cl)=C1NCCCCS1. The minimum atomic E-state index is -0.567. The van der Waals surface area contributed by atoms with Gasteiger partial charge in [-0.2, -0.15) is 0 Å². The Bertz CT molecular complexity index is 210. The number of nitrogens with one attached hydrogen (secondary N) is 1. The fraction of sp³-hybridized carbons (Fsp3) is 0.667. The molecule has 0 aromatic rings. The summed E-state index contributed by atoms with van der Waals surface area (Å²) in [6.45, 7) is 0.770. The Morgan fingerprint density at radius 3 is 3.08 bits per heavy atom. The van der Waals surface area contributed by atoms with E-state index in [1.807, 2.05) is 0 Å². The van der Waals surface area contributed by atoms with Gasteiger partial charge in [0.2, 0.25) is 0 Å². The van der Waals surface area contributed by atoms with Gasteiger partial charge in [0, 0.05) is 6.54 Å². The number of halogens is 1. The molecule has 1 saturated heterocycles. The van der Waals surface area contributed by atoms with Crippen molar-refractivity contribution >= 4 is 23.4 Å². The van der Waals surface area contributed by atoms with E-state index in [9.17, 15) is 10.1 Å². The van der Waals surface area contributed by atoms with Crippen molar-refractivity contribution in [2.45, 2.75) is 12.8 Å². The molecular weight excluding hydrogens is 200 g/mol. The van der Waals surface area contributed by atoms with Crippen molar-refractivity contribution < 1.29 is 4.92 Å². The molecule has 1 N–H and O–H groups in total. The smallest absolute Gasteiger partial charge is 0.366 e. The van der Waals surface area contributed by atoms with Gasteiger partial charge in [0.25, 0.3) is 0 Å². The monoisotopic (exact) mass is 208 g/mol. The van der Waals surface area contributed by atoms with Gasteiger partial charge in [0.15, 0.2) is 5.03 Å². The van der Waals surface area contributed by atoms with Gasteiger partial charge < -0.3 is 5.32 Å². The van der Waals surface area contributed by atoms with Crippen LogP contribution in [0.3, 0.4) is 0 Å². The van der Waals surface area contributed by atoms with E-state index in [2.05, 4.69) is 5.32 Å². The minimum absolute atomic E-state index is 0.290. The lowest BCUT2D eigenvalue weighted by atomic mass is 10.3. The first-order chi connectivity index (χ1) is 5.72. The molecule has 0 atom stereocenters. The van der Waals surface area contributed by atoms with E-state index in [4.69, 9.17) is 11.6 Å². The third-order valence-corrected chi connectivity index (χ3v) is 3.01. The van der Waals surface area contributed by atoms with E-state index in [0.29, 0.717) is 5.03 Å². The van der Waals surface area contributed by atoms with Crippen LogP contribution in [0.15, 0.2) is 10.2 Å². The molecule has 12 heavy (non-hydrogen) atoms. The summed E-state index contributed by atoms with van der Waals surface area (Å²) in [4.78, 5) is 9.71. The Morgan fingerprint density at radius 2 is 2.42 bits per heavy atom. The molecule has 0 radical (unpaired) electrons. The summed E-state index contributed by atoms with van der Waals surface area (Å²) in [6.07, 6.45) is 2.11. The van der Waals surface area contributed by atoms with Gasteiger partial charge in [0.05, 0.1) is 4.92 Å². The maximum absolute atomic E-state index is 10.3.